The third kappa shape index (κ3) is 6.32. The summed E-state index contributed by atoms with van der Waals surface area (Å²) in [6.07, 6.45) is -5.00. The largest absolute Gasteiger partial charge is 0.491 e. The molecular formula is C22H24F3NO6S. The minimum atomic E-state index is -5.00. The Morgan fingerprint density at radius 1 is 1.06 bits per heavy atom. The molecule has 0 amide bonds. The quantitative estimate of drug-likeness (QED) is 0.448. The number of alkyl halides is 3. The average molecular weight is 487 g/mol. The van der Waals surface area contributed by atoms with Gasteiger partial charge in [-0.1, -0.05) is 17.7 Å². The van der Waals surface area contributed by atoms with Crippen LogP contribution in [0.15, 0.2) is 35.2 Å². The molecule has 0 saturated heterocycles. The van der Waals surface area contributed by atoms with Crippen molar-refractivity contribution in [2.24, 2.45) is 0 Å². The molecule has 11 heteroatoms. The van der Waals surface area contributed by atoms with Crippen LogP contribution in [0.1, 0.15) is 44.3 Å². The Labute approximate surface area is 189 Å². The number of aryl methyl sites for hydroxylation is 3. The predicted octanol–water partition coefficient (Wildman–Crippen LogP) is 3.89. The molecular weight excluding hydrogens is 463 g/mol. The highest BCUT2D eigenvalue weighted by atomic mass is 32.2. The van der Waals surface area contributed by atoms with E-state index in [9.17, 15) is 31.2 Å². The second-order valence-electron chi connectivity index (χ2n) is 7.51. The molecule has 2 rings (SSSR count). The predicted molar refractivity (Wildman–Crippen MR) is 114 cm³/mol. The van der Waals surface area contributed by atoms with E-state index in [2.05, 4.69) is 4.74 Å². The minimum absolute atomic E-state index is 0.126. The number of carbonyl (C=O) groups is 2. The second-order valence-corrected chi connectivity index (χ2v) is 9.16. The van der Waals surface area contributed by atoms with Gasteiger partial charge >= 0.3 is 12.1 Å². The molecule has 0 heterocycles. The van der Waals surface area contributed by atoms with E-state index in [0.29, 0.717) is 11.1 Å². The molecule has 1 atom stereocenters. The monoisotopic (exact) mass is 487 g/mol. The lowest BCUT2D eigenvalue weighted by molar-refractivity contribution is -0.157. The molecule has 0 aliphatic heterocycles. The fourth-order valence-corrected chi connectivity index (χ4v) is 5.01. The van der Waals surface area contributed by atoms with Crippen molar-refractivity contribution in [3.05, 3.63) is 58.1 Å². The molecule has 0 aliphatic carbocycles. The maximum Gasteiger partial charge on any atom is 0.408 e. The number of halogens is 3. The molecule has 1 N–H and O–H groups in total. The number of benzene rings is 2. The summed E-state index contributed by atoms with van der Waals surface area (Å²) in [5.41, 5.74) is 1.23. The molecule has 7 nitrogen and oxygen atoms in total. The summed E-state index contributed by atoms with van der Waals surface area (Å²) in [5.74, 6) is -1.59. The van der Waals surface area contributed by atoms with E-state index in [1.54, 1.807) is 23.8 Å². The van der Waals surface area contributed by atoms with Gasteiger partial charge in [-0.2, -0.15) is 17.9 Å². The van der Waals surface area contributed by atoms with E-state index in [-0.39, 0.29) is 27.6 Å². The van der Waals surface area contributed by atoms with Crippen molar-refractivity contribution in [3.8, 4) is 5.75 Å². The first-order chi connectivity index (χ1) is 15.2. The first-order valence-electron chi connectivity index (χ1n) is 9.70. The lowest BCUT2D eigenvalue weighted by atomic mass is 10.1. The second kappa shape index (κ2) is 9.92. The molecule has 0 aliphatic rings. The van der Waals surface area contributed by atoms with E-state index in [1.165, 1.54) is 26.8 Å². The van der Waals surface area contributed by atoms with Crippen LogP contribution in [0.2, 0.25) is 0 Å². The first-order valence-corrected chi connectivity index (χ1v) is 11.2. The van der Waals surface area contributed by atoms with Crippen molar-refractivity contribution in [3.63, 3.8) is 0 Å². The number of hydrogen-bond acceptors (Lipinski definition) is 6. The standard InChI is InChI=1S/C22H24F3NO6S/c1-12-8-13(2)20(14(3)9-12)33(29,30)26-19(22(23,24)25)11-32-18-7-6-16(15(4)27)10-17(18)21(28)31-5/h6-10,19,26H,11H2,1-5H3. The molecule has 2 aromatic carbocycles. The Hall–Kier alpha value is -2.92. The molecule has 0 spiro atoms. The van der Waals surface area contributed by atoms with Crippen molar-refractivity contribution in [2.75, 3.05) is 13.7 Å². The Kier molecular flexibility index (Phi) is 7.91. The van der Waals surface area contributed by atoms with Gasteiger partial charge in [0, 0.05) is 5.56 Å². The highest BCUT2D eigenvalue weighted by molar-refractivity contribution is 7.89. The third-order valence-corrected chi connectivity index (χ3v) is 6.54. The molecule has 0 aromatic heterocycles. The smallest absolute Gasteiger partial charge is 0.408 e. The number of nitrogens with one attached hydrogen (secondary N) is 1. The Morgan fingerprint density at radius 2 is 1.64 bits per heavy atom. The number of ether oxygens (including phenoxy) is 2. The summed E-state index contributed by atoms with van der Waals surface area (Å²) in [7, 11) is -3.50. The topological polar surface area (TPSA) is 98.8 Å². The molecule has 0 fully saturated rings. The van der Waals surface area contributed by atoms with Gasteiger partial charge in [0.1, 0.15) is 17.9 Å². The van der Waals surface area contributed by atoms with Gasteiger partial charge in [-0.15, -0.1) is 0 Å². The van der Waals surface area contributed by atoms with E-state index < -0.39 is 34.8 Å². The van der Waals surface area contributed by atoms with Crippen LogP contribution in [0.3, 0.4) is 0 Å². The van der Waals surface area contributed by atoms with Crippen LogP contribution in [-0.4, -0.2) is 46.1 Å². The molecule has 0 radical (unpaired) electrons. The zero-order valence-electron chi connectivity index (χ0n) is 18.7. The molecule has 2 aromatic rings. The number of Topliss-reactive ketones (excluding diaryl/α,β-unsaturated/α-hetero) is 1. The van der Waals surface area contributed by atoms with Crippen LogP contribution in [-0.2, 0) is 14.8 Å². The summed E-state index contributed by atoms with van der Waals surface area (Å²) in [6.45, 7) is 4.82. The highest BCUT2D eigenvalue weighted by Crippen LogP contribution is 2.28. The molecule has 33 heavy (non-hydrogen) atoms. The van der Waals surface area contributed by atoms with Crippen molar-refractivity contribution in [1.82, 2.24) is 4.72 Å². The van der Waals surface area contributed by atoms with Gasteiger partial charge in [-0.05, 0) is 57.0 Å². The fraction of sp³-hybridized carbons (Fsp3) is 0.364. The fourth-order valence-electron chi connectivity index (χ4n) is 3.35. The summed E-state index contributed by atoms with van der Waals surface area (Å²) < 4.78 is 78.1. The maximum atomic E-state index is 13.7. The number of ketones is 1. The summed E-state index contributed by atoms with van der Waals surface area (Å²) in [6, 6.07) is 4.06. The molecule has 1 unspecified atom stereocenters. The summed E-state index contributed by atoms with van der Waals surface area (Å²) in [4.78, 5) is 23.3. The van der Waals surface area contributed by atoms with E-state index in [0.717, 1.165) is 24.8 Å². The lowest BCUT2D eigenvalue weighted by Crippen LogP contribution is -2.49. The van der Waals surface area contributed by atoms with Crippen molar-refractivity contribution >= 4 is 21.8 Å². The number of rotatable bonds is 8. The SMILES string of the molecule is COC(=O)c1cc(C(C)=O)ccc1OCC(NS(=O)(=O)c1c(C)cc(C)cc1C)C(F)(F)F. The minimum Gasteiger partial charge on any atom is -0.491 e. The summed E-state index contributed by atoms with van der Waals surface area (Å²) >= 11 is 0. The Bertz CT molecular complexity index is 1150. The van der Waals surface area contributed by atoms with Crippen LogP contribution in [0.5, 0.6) is 5.75 Å². The average Bonchev–Trinajstić information content (AvgIpc) is 2.68. The Balaban J connectivity index is 2.38. The van der Waals surface area contributed by atoms with Gasteiger partial charge in [0.05, 0.1) is 12.0 Å². The van der Waals surface area contributed by atoms with Crippen molar-refractivity contribution < 1.29 is 40.7 Å². The normalized spacial score (nSPS) is 12.8. The van der Waals surface area contributed by atoms with Gasteiger partial charge in [-0.25, -0.2) is 13.2 Å². The molecule has 0 bridgehead atoms. The molecule has 180 valence electrons. The third-order valence-electron chi connectivity index (χ3n) is 4.76. The van der Waals surface area contributed by atoms with Crippen molar-refractivity contribution in [1.29, 1.82) is 0 Å². The van der Waals surface area contributed by atoms with Crippen LogP contribution >= 0.6 is 0 Å². The van der Waals surface area contributed by atoms with Gasteiger partial charge in [0.2, 0.25) is 10.0 Å². The zero-order chi connectivity index (χ0) is 25.1. The van der Waals surface area contributed by atoms with Gasteiger partial charge < -0.3 is 9.47 Å². The van der Waals surface area contributed by atoms with Gasteiger partial charge in [0.15, 0.2) is 11.8 Å². The van der Waals surface area contributed by atoms with E-state index >= 15 is 0 Å². The van der Waals surface area contributed by atoms with Crippen LogP contribution in [0.25, 0.3) is 0 Å². The van der Waals surface area contributed by atoms with E-state index in [1.807, 2.05) is 0 Å². The van der Waals surface area contributed by atoms with Crippen LogP contribution in [0.4, 0.5) is 13.2 Å². The van der Waals surface area contributed by atoms with Crippen LogP contribution < -0.4 is 9.46 Å². The highest BCUT2D eigenvalue weighted by Gasteiger charge is 2.43. The number of hydrogen-bond donors (Lipinski definition) is 1. The number of carbonyl (C=O) groups excluding carboxylic acids is 2. The van der Waals surface area contributed by atoms with Crippen molar-refractivity contribution in [2.45, 2.75) is 44.8 Å². The van der Waals surface area contributed by atoms with Crippen LogP contribution in [0, 0.1) is 20.8 Å². The number of sulfonamides is 1. The lowest BCUT2D eigenvalue weighted by Gasteiger charge is -2.23. The number of methoxy groups -OCH3 is 1. The molecule has 0 saturated carbocycles. The summed E-state index contributed by atoms with van der Waals surface area (Å²) in [5, 5.41) is 0. The van der Waals surface area contributed by atoms with E-state index in [4.69, 9.17) is 4.74 Å². The van der Waals surface area contributed by atoms with Gasteiger partial charge in [-0.3, -0.25) is 4.79 Å². The first kappa shape index (κ1) is 26.3. The zero-order valence-corrected chi connectivity index (χ0v) is 19.5. The maximum absolute atomic E-state index is 13.7. The Morgan fingerprint density at radius 3 is 2.12 bits per heavy atom. The van der Waals surface area contributed by atoms with Gasteiger partial charge in [0.25, 0.3) is 0 Å². The number of esters is 1.